The summed E-state index contributed by atoms with van der Waals surface area (Å²) in [5.41, 5.74) is 4.50. The Labute approximate surface area is 62.5 Å². The number of hydrogen-bond acceptors (Lipinski definition) is 3. The average molecular weight is 147 g/mol. The minimum absolute atomic E-state index is 0.0868. The molecule has 1 rings (SSSR count). The van der Waals surface area contributed by atoms with Crippen LogP contribution in [0.4, 0.5) is 0 Å². The molecule has 0 aliphatic carbocycles. The lowest BCUT2D eigenvalue weighted by atomic mass is 10.2. The second-order valence-corrected chi connectivity index (χ2v) is 2.03. The van der Waals surface area contributed by atoms with Gasteiger partial charge in [0, 0.05) is 13.7 Å². The van der Waals surface area contributed by atoms with Crippen LogP contribution in [0.15, 0.2) is 0 Å². The summed E-state index contributed by atoms with van der Waals surface area (Å²) in [5.74, 6) is 0. The normalized spacial score (nSPS) is 24.9. The number of rotatable bonds is 1. The van der Waals surface area contributed by atoms with Crippen molar-refractivity contribution in [3.05, 3.63) is 0 Å². The van der Waals surface area contributed by atoms with Gasteiger partial charge in [-0.25, -0.2) is 0 Å². The van der Waals surface area contributed by atoms with Gasteiger partial charge in [0.15, 0.2) is 6.29 Å². The van der Waals surface area contributed by atoms with Crippen molar-refractivity contribution in [3.8, 4) is 0 Å². The van der Waals surface area contributed by atoms with Gasteiger partial charge in [-0.15, -0.1) is 0 Å². The molecule has 3 nitrogen and oxygen atoms in total. The summed E-state index contributed by atoms with van der Waals surface area (Å²) in [6, 6.07) is 0. The number of methoxy groups -OCH3 is 1. The lowest BCUT2D eigenvalue weighted by Crippen LogP contribution is -2.20. The standard InChI is InChI=1S/C6H12O2.CH5N/c1-7-6-4-2-3-5-8-6;1-2/h6H,2-5H2,1H3;2H2,1H3. The Morgan fingerprint density at radius 3 is 2.40 bits per heavy atom. The summed E-state index contributed by atoms with van der Waals surface area (Å²) in [4.78, 5) is 0. The molecule has 2 N–H and O–H groups in total. The van der Waals surface area contributed by atoms with Crippen LogP contribution < -0.4 is 5.73 Å². The molecular formula is C7H17NO2. The third-order valence-electron chi connectivity index (χ3n) is 1.40. The highest BCUT2D eigenvalue weighted by atomic mass is 16.7. The van der Waals surface area contributed by atoms with Crippen molar-refractivity contribution in [2.24, 2.45) is 5.73 Å². The van der Waals surface area contributed by atoms with E-state index in [0.717, 1.165) is 13.0 Å². The zero-order valence-corrected chi connectivity index (χ0v) is 6.80. The van der Waals surface area contributed by atoms with Crippen LogP contribution in [-0.2, 0) is 9.47 Å². The van der Waals surface area contributed by atoms with Crippen LogP contribution in [-0.4, -0.2) is 27.1 Å². The first kappa shape index (κ1) is 9.88. The monoisotopic (exact) mass is 147 g/mol. The van der Waals surface area contributed by atoms with Crippen molar-refractivity contribution in [1.29, 1.82) is 0 Å². The Morgan fingerprint density at radius 2 is 2.10 bits per heavy atom. The lowest BCUT2D eigenvalue weighted by molar-refractivity contribution is -0.145. The van der Waals surface area contributed by atoms with Gasteiger partial charge in [-0.3, -0.25) is 0 Å². The van der Waals surface area contributed by atoms with Crippen molar-refractivity contribution >= 4 is 0 Å². The van der Waals surface area contributed by atoms with E-state index in [1.165, 1.54) is 19.9 Å². The molecule has 0 amide bonds. The zero-order chi connectivity index (χ0) is 7.82. The van der Waals surface area contributed by atoms with Crippen LogP contribution in [0.25, 0.3) is 0 Å². The molecule has 1 saturated heterocycles. The number of ether oxygens (including phenoxy) is 2. The molecule has 0 aromatic heterocycles. The Hall–Kier alpha value is -0.120. The van der Waals surface area contributed by atoms with E-state index >= 15 is 0 Å². The molecule has 1 aliphatic rings. The van der Waals surface area contributed by atoms with Gasteiger partial charge in [-0.05, 0) is 26.3 Å². The first-order valence-corrected chi connectivity index (χ1v) is 3.65. The zero-order valence-electron chi connectivity index (χ0n) is 6.80. The van der Waals surface area contributed by atoms with E-state index < -0.39 is 0 Å². The summed E-state index contributed by atoms with van der Waals surface area (Å²) < 4.78 is 10.2. The van der Waals surface area contributed by atoms with Crippen LogP contribution in [0.5, 0.6) is 0 Å². The summed E-state index contributed by atoms with van der Waals surface area (Å²) in [7, 11) is 3.19. The minimum atomic E-state index is 0.0868. The number of hydrogen-bond donors (Lipinski definition) is 1. The topological polar surface area (TPSA) is 44.5 Å². The van der Waals surface area contributed by atoms with E-state index in [2.05, 4.69) is 5.73 Å². The maximum Gasteiger partial charge on any atom is 0.157 e. The fraction of sp³-hybridized carbons (Fsp3) is 1.00. The highest BCUT2D eigenvalue weighted by Crippen LogP contribution is 2.11. The van der Waals surface area contributed by atoms with Gasteiger partial charge in [-0.1, -0.05) is 0 Å². The fourth-order valence-corrected chi connectivity index (χ4v) is 0.897. The highest BCUT2D eigenvalue weighted by Gasteiger charge is 2.10. The van der Waals surface area contributed by atoms with Gasteiger partial charge in [0.05, 0.1) is 0 Å². The molecule has 1 fully saturated rings. The summed E-state index contributed by atoms with van der Waals surface area (Å²) in [5, 5.41) is 0. The molecule has 1 aliphatic heterocycles. The first-order valence-electron chi connectivity index (χ1n) is 3.65. The molecule has 3 heteroatoms. The molecule has 0 radical (unpaired) electrons. The van der Waals surface area contributed by atoms with E-state index in [9.17, 15) is 0 Å². The maximum absolute atomic E-state index is 5.20. The molecule has 10 heavy (non-hydrogen) atoms. The second kappa shape index (κ2) is 6.99. The van der Waals surface area contributed by atoms with Crippen molar-refractivity contribution in [1.82, 2.24) is 0 Å². The van der Waals surface area contributed by atoms with E-state index in [1.807, 2.05) is 0 Å². The van der Waals surface area contributed by atoms with Gasteiger partial charge in [0.2, 0.25) is 0 Å². The molecule has 0 aromatic rings. The van der Waals surface area contributed by atoms with E-state index in [1.54, 1.807) is 7.11 Å². The van der Waals surface area contributed by atoms with Crippen LogP contribution in [0.2, 0.25) is 0 Å². The van der Waals surface area contributed by atoms with Gasteiger partial charge in [0.1, 0.15) is 0 Å². The Balaban J connectivity index is 0.000000371. The van der Waals surface area contributed by atoms with Gasteiger partial charge in [-0.2, -0.15) is 0 Å². The van der Waals surface area contributed by atoms with Crippen LogP contribution in [0.1, 0.15) is 19.3 Å². The molecular weight excluding hydrogens is 130 g/mol. The van der Waals surface area contributed by atoms with E-state index in [4.69, 9.17) is 9.47 Å². The molecule has 0 bridgehead atoms. The van der Waals surface area contributed by atoms with E-state index in [0.29, 0.717) is 0 Å². The van der Waals surface area contributed by atoms with Crippen LogP contribution in [0, 0.1) is 0 Å². The smallest absolute Gasteiger partial charge is 0.157 e. The third kappa shape index (κ3) is 3.82. The van der Waals surface area contributed by atoms with Crippen molar-refractivity contribution < 1.29 is 9.47 Å². The molecule has 0 spiro atoms. The first-order chi connectivity index (χ1) is 4.93. The van der Waals surface area contributed by atoms with Gasteiger partial charge in [0.25, 0.3) is 0 Å². The van der Waals surface area contributed by atoms with E-state index in [-0.39, 0.29) is 6.29 Å². The Morgan fingerprint density at radius 1 is 1.40 bits per heavy atom. The third-order valence-corrected chi connectivity index (χ3v) is 1.40. The largest absolute Gasteiger partial charge is 0.356 e. The lowest BCUT2D eigenvalue weighted by Gasteiger charge is -2.20. The Bertz CT molecular complexity index is 62.6. The molecule has 62 valence electrons. The Kier molecular flexibility index (Phi) is 6.91. The predicted octanol–water partition coefficient (Wildman–Crippen LogP) is 0.734. The molecule has 1 heterocycles. The number of nitrogens with two attached hydrogens (primary N) is 1. The average Bonchev–Trinajstić information content (AvgIpc) is 2.10. The van der Waals surface area contributed by atoms with Gasteiger partial charge < -0.3 is 15.2 Å². The minimum Gasteiger partial charge on any atom is -0.356 e. The fourth-order valence-electron chi connectivity index (χ4n) is 0.897. The summed E-state index contributed by atoms with van der Waals surface area (Å²) >= 11 is 0. The quantitative estimate of drug-likeness (QED) is 0.594. The molecule has 0 saturated carbocycles. The van der Waals surface area contributed by atoms with Crippen LogP contribution in [0.3, 0.4) is 0 Å². The highest BCUT2D eigenvalue weighted by molar-refractivity contribution is 4.52. The second-order valence-electron chi connectivity index (χ2n) is 2.03. The van der Waals surface area contributed by atoms with Crippen molar-refractivity contribution in [2.45, 2.75) is 25.6 Å². The molecule has 1 unspecified atom stereocenters. The van der Waals surface area contributed by atoms with Crippen LogP contribution >= 0.6 is 0 Å². The predicted molar refractivity (Wildman–Crippen MR) is 40.7 cm³/mol. The summed E-state index contributed by atoms with van der Waals surface area (Å²) in [6.07, 6.45) is 3.60. The van der Waals surface area contributed by atoms with Crippen molar-refractivity contribution in [2.75, 3.05) is 20.8 Å². The maximum atomic E-state index is 5.20. The summed E-state index contributed by atoms with van der Waals surface area (Å²) in [6.45, 7) is 0.874. The van der Waals surface area contributed by atoms with Crippen molar-refractivity contribution in [3.63, 3.8) is 0 Å². The van der Waals surface area contributed by atoms with Gasteiger partial charge >= 0.3 is 0 Å². The molecule has 0 aromatic carbocycles. The SMILES string of the molecule is CN.COC1CCCCO1. The molecule has 1 atom stereocenters.